The molecule has 2 amide bonds. The number of amides is 2. The summed E-state index contributed by atoms with van der Waals surface area (Å²) in [4.78, 5) is 35.2. The van der Waals surface area contributed by atoms with Gasteiger partial charge in [-0.2, -0.15) is 0 Å². The average Bonchev–Trinajstić information content (AvgIpc) is 3.29. The highest BCUT2D eigenvalue weighted by Crippen LogP contribution is 2.41. The number of anilines is 1. The number of nitrogens with zero attached hydrogens (tertiary/aromatic N) is 5. The number of piperazine rings is 1. The molecule has 9 nitrogen and oxygen atoms in total. The lowest BCUT2D eigenvalue weighted by Crippen LogP contribution is -2.61. The number of pyridine rings is 1. The van der Waals surface area contributed by atoms with Crippen molar-refractivity contribution in [3.05, 3.63) is 41.7 Å². The van der Waals surface area contributed by atoms with Crippen LogP contribution in [0.3, 0.4) is 0 Å². The van der Waals surface area contributed by atoms with Crippen LogP contribution in [0.2, 0.25) is 0 Å². The summed E-state index contributed by atoms with van der Waals surface area (Å²) < 4.78 is 24.3. The van der Waals surface area contributed by atoms with Crippen LogP contribution in [0.1, 0.15) is 24.3 Å². The molecule has 1 unspecified atom stereocenters. The number of rotatable bonds is 3. The Balaban J connectivity index is 1.27. The maximum atomic E-state index is 13.2. The quantitative estimate of drug-likeness (QED) is 0.734. The number of piperidine rings is 1. The second-order valence-corrected chi connectivity index (χ2v) is 8.41. The van der Waals surface area contributed by atoms with E-state index in [9.17, 15) is 14.0 Å². The molecule has 0 radical (unpaired) electrons. The molecule has 164 valence electrons. The highest BCUT2D eigenvalue weighted by molar-refractivity contribution is 5.79. The van der Waals surface area contributed by atoms with Gasteiger partial charge in [0.2, 0.25) is 5.91 Å². The summed E-state index contributed by atoms with van der Waals surface area (Å²) >= 11 is 0. The van der Waals surface area contributed by atoms with Crippen LogP contribution >= 0.6 is 0 Å². The Hall–Kier alpha value is -3.17. The first-order valence-electron chi connectivity index (χ1n) is 10.5. The smallest absolute Gasteiger partial charge is 0.410 e. The van der Waals surface area contributed by atoms with Crippen molar-refractivity contribution < 1.29 is 23.2 Å². The monoisotopic (exact) mass is 429 g/mol. The summed E-state index contributed by atoms with van der Waals surface area (Å²) in [5, 5.41) is 3.83. The highest BCUT2D eigenvalue weighted by atomic mass is 19.1. The van der Waals surface area contributed by atoms with Gasteiger partial charge in [0.05, 0.1) is 24.4 Å². The van der Waals surface area contributed by atoms with Crippen molar-refractivity contribution in [2.24, 2.45) is 0 Å². The number of hydrogen-bond acceptors (Lipinski definition) is 7. The van der Waals surface area contributed by atoms with E-state index in [0.717, 1.165) is 5.69 Å². The number of ether oxygens (including phenoxy) is 1. The Bertz CT molecular complexity index is 986. The van der Waals surface area contributed by atoms with E-state index in [1.807, 2.05) is 6.92 Å². The Morgan fingerprint density at radius 2 is 2.06 bits per heavy atom. The number of fused-ring (bicyclic) bond motifs is 2. The van der Waals surface area contributed by atoms with Crippen LogP contribution in [-0.4, -0.2) is 76.3 Å². The van der Waals surface area contributed by atoms with Gasteiger partial charge in [0.25, 0.3) is 0 Å². The molecular formula is C21H24FN5O4. The Morgan fingerprint density at radius 3 is 2.74 bits per heavy atom. The van der Waals surface area contributed by atoms with Crippen LogP contribution in [-0.2, 0) is 16.0 Å². The molecule has 10 heteroatoms. The van der Waals surface area contributed by atoms with Gasteiger partial charge >= 0.3 is 6.09 Å². The van der Waals surface area contributed by atoms with Gasteiger partial charge in [-0.05, 0) is 19.1 Å². The van der Waals surface area contributed by atoms with Crippen molar-refractivity contribution >= 4 is 17.8 Å². The van der Waals surface area contributed by atoms with E-state index < -0.39 is 5.60 Å². The first-order chi connectivity index (χ1) is 14.9. The molecule has 5 heterocycles. The Kier molecular flexibility index (Phi) is 4.79. The molecule has 3 aliphatic rings. The molecule has 1 atom stereocenters. The minimum absolute atomic E-state index is 0.0433. The fraction of sp³-hybridized carbons (Fsp3) is 0.524. The van der Waals surface area contributed by atoms with Gasteiger partial charge in [0.1, 0.15) is 23.0 Å². The summed E-state index contributed by atoms with van der Waals surface area (Å²) in [6.07, 6.45) is 2.30. The third-order valence-electron chi connectivity index (χ3n) is 6.51. The number of hydrogen-bond donors (Lipinski definition) is 0. The zero-order valence-corrected chi connectivity index (χ0v) is 17.3. The maximum Gasteiger partial charge on any atom is 0.410 e. The van der Waals surface area contributed by atoms with Gasteiger partial charge in [-0.25, -0.2) is 14.2 Å². The van der Waals surface area contributed by atoms with Gasteiger partial charge in [-0.3, -0.25) is 9.69 Å². The zero-order chi connectivity index (χ0) is 21.6. The molecule has 0 bridgehead atoms. The lowest BCUT2D eigenvalue weighted by atomic mass is 9.83. The first kappa shape index (κ1) is 19.8. The fourth-order valence-electron chi connectivity index (χ4n) is 4.84. The lowest BCUT2D eigenvalue weighted by Gasteiger charge is -2.45. The summed E-state index contributed by atoms with van der Waals surface area (Å²) in [7, 11) is 0. The molecule has 0 aromatic carbocycles. The van der Waals surface area contributed by atoms with Crippen molar-refractivity contribution in [3.8, 4) is 0 Å². The molecule has 2 aromatic rings. The van der Waals surface area contributed by atoms with Gasteiger partial charge in [0.15, 0.2) is 0 Å². The highest BCUT2D eigenvalue weighted by Gasteiger charge is 2.57. The molecule has 0 saturated carbocycles. The van der Waals surface area contributed by atoms with E-state index in [0.29, 0.717) is 57.1 Å². The number of carbonyl (C=O) groups is 2. The second kappa shape index (κ2) is 7.51. The number of halogens is 1. The molecule has 2 aromatic heterocycles. The lowest BCUT2D eigenvalue weighted by molar-refractivity contribution is -0.134. The standard InChI is InChI=1S/C21H24FN5O4/c1-14-10-16(31-24-14)11-19(28)26-8-9-27-17(13-26)21(30-20(27)29)4-6-25(7-5-21)18-3-2-15(22)12-23-18/h2-3,10,12,17H,4-9,11,13H2,1H3. The summed E-state index contributed by atoms with van der Waals surface area (Å²) in [5.74, 6) is 0.835. The number of carbonyl (C=O) groups excluding carboxylic acids is 2. The SMILES string of the molecule is Cc1cc(CC(=O)N2CCN3C(=O)OC4(CCN(c5ccc(F)cn5)CC4)C3C2)on1. The zero-order valence-electron chi connectivity index (χ0n) is 17.3. The summed E-state index contributed by atoms with van der Waals surface area (Å²) in [6.45, 7) is 4.46. The topological polar surface area (TPSA) is 92.0 Å². The van der Waals surface area contributed by atoms with E-state index in [-0.39, 0.29) is 30.3 Å². The van der Waals surface area contributed by atoms with Crippen LogP contribution in [0.4, 0.5) is 15.0 Å². The van der Waals surface area contributed by atoms with Crippen LogP contribution in [0, 0.1) is 12.7 Å². The van der Waals surface area contributed by atoms with E-state index >= 15 is 0 Å². The van der Waals surface area contributed by atoms with Gasteiger partial charge in [-0.1, -0.05) is 5.16 Å². The van der Waals surface area contributed by atoms with Gasteiger partial charge < -0.3 is 19.1 Å². The molecule has 3 fully saturated rings. The molecule has 5 rings (SSSR count). The van der Waals surface area contributed by atoms with Crippen LogP contribution < -0.4 is 4.90 Å². The van der Waals surface area contributed by atoms with Crippen molar-refractivity contribution in [2.75, 3.05) is 37.6 Å². The number of aromatic nitrogens is 2. The van der Waals surface area contributed by atoms with Crippen LogP contribution in [0.25, 0.3) is 0 Å². The van der Waals surface area contributed by atoms with Gasteiger partial charge in [-0.15, -0.1) is 0 Å². The van der Waals surface area contributed by atoms with E-state index in [1.165, 1.54) is 12.3 Å². The largest absolute Gasteiger partial charge is 0.440 e. The molecule has 1 spiro atoms. The first-order valence-corrected chi connectivity index (χ1v) is 10.5. The minimum Gasteiger partial charge on any atom is -0.440 e. The average molecular weight is 429 g/mol. The number of aryl methyl sites for hydroxylation is 1. The normalized spacial score (nSPS) is 22.6. The van der Waals surface area contributed by atoms with Crippen molar-refractivity contribution in [1.29, 1.82) is 0 Å². The Labute approximate surface area is 178 Å². The third kappa shape index (κ3) is 3.60. The van der Waals surface area contributed by atoms with Crippen molar-refractivity contribution in [2.45, 2.75) is 37.8 Å². The van der Waals surface area contributed by atoms with E-state index in [2.05, 4.69) is 15.0 Å². The molecule has 31 heavy (non-hydrogen) atoms. The Morgan fingerprint density at radius 1 is 1.26 bits per heavy atom. The third-order valence-corrected chi connectivity index (χ3v) is 6.51. The summed E-state index contributed by atoms with van der Waals surface area (Å²) in [5.41, 5.74) is 0.110. The van der Waals surface area contributed by atoms with E-state index in [1.54, 1.807) is 21.9 Å². The van der Waals surface area contributed by atoms with E-state index in [4.69, 9.17) is 9.26 Å². The molecule has 3 aliphatic heterocycles. The molecule has 0 aliphatic carbocycles. The second-order valence-electron chi connectivity index (χ2n) is 8.41. The summed E-state index contributed by atoms with van der Waals surface area (Å²) in [6, 6.07) is 4.63. The fourth-order valence-corrected chi connectivity index (χ4v) is 4.84. The van der Waals surface area contributed by atoms with Crippen LogP contribution in [0.5, 0.6) is 0 Å². The maximum absolute atomic E-state index is 13.2. The van der Waals surface area contributed by atoms with Gasteiger partial charge in [0, 0.05) is 51.6 Å². The van der Waals surface area contributed by atoms with Crippen molar-refractivity contribution in [1.82, 2.24) is 19.9 Å². The predicted molar refractivity (Wildman–Crippen MR) is 107 cm³/mol. The molecular weight excluding hydrogens is 405 g/mol. The van der Waals surface area contributed by atoms with Crippen molar-refractivity contribution in [3.63, 3.8) is 0 Å². The minimum atomic E-state index is -0.630. The molecule has 0 N–H and O–H groups in total. The molecule has 3 saturated heterocycles. The van der Waals surface area contributed by atoms with Crippen LogP contribution in [0.15, 0.2) is 28.9 Å². The predicted octanol–water partition coefficient (Wildman–Crippen LogP) is 1.76.